The van der Waals surface area contributed by atoms with Gasteiger partial charge in [-0.1, -0.05) is 12.8 Å². The molecule has 0 radical (unpaired) electrons. The fraction of sp³-hybridized carbons (Fsp3) is 0.462. The molecule has 0 unspecified atom stereocenters. The molecule has 1 aliphatic rings. The van der Waals surface area contributed by atoms with E-state index >= 15 is 0 Å². The second-order valence-corrected chi connectivity index (χ2v) is 6.02. The number of hydrogen-bond acceptors (Lipinski definition) is 4. The van der Waals surface area contributed by atoms with Crippen molar-refractivity contribution in [1.29, 1.82) is 0 Å². The van der Waals surface area contributed by atoms with Crippen LogP contribution in [0, 0.1) is 13.7 Å². The van der Waals surface area contributed by atoms with Crippen LogP contribution in [-0.2, 0) is 0 Å². The number of carbonyl (C=O) groups excluding carboxylic acids is 1. The van der Waals surface area contributed by atoms with Crippen molar-refractivity contribution in [2.75, 3.05) is 0 Å². The molecule has 7 heteroatoms. The third-order valence-electron chi connectivity index (χ3n) is 3.45. The molecule has 1 aromatic carbocycles. The topological polar surface area (TPSA) is 92.5 Å². The second kappa shape index (κ2) is 6.49. The van der Waals surface area contributed by atoms with Crippen LogP contribution in [0.25, 0.3) is 0 Å². The summed E-state index contributed by atoms with van der Waals surface area (Å²) in [5.41, 5.74) is 0.164. The molecule has 20 heavy (non-hydrogen) atoms. The van der Waals surface area contributed by atoms with Gasteiger partial charge in [0.15, 0.2) is 0 Å². The van der Waals surface area contributed by atoms with E-state index in [0.29, 0.717) is 9.99 Å². The predicted octanol–water partition coefficient (Wildman–Crippen LogP) is 2.23. The van der Waals surface area contributed by atoms with E-state index in [-0.39, 0.29) is 23.2 Å². The van der Waals surface area contributed by atoms with Crippen molar-refractivity contribution in [3.8, 4) is 0 Å². The van der Waals surface area contributed by atoms with Crippen LogP contribution in [0.1, 0.15) is 36.0 Å². The number of hydrogen-bond donors (Lipinski definition) is 2. The van der Waals surface area contributed by atoms with Gasteiger partial charge in [0.25, 0.3) is 11.6 Å². The van der Waals surface area contributed by atoms with Gasteiger partial charge in [0.05, 0.1) is 22.6 Å². The number of halogens is 1. The molecule has 108 valence electrons. The minimum Gasteiger partial charge on any atom is -0.391 e. The predicted molar refractivity (Wildman–Crippen MR) is 81.5 cm³/mol. The van der Waals surface area contributed by atoms with Crippen LogP contribution in [0.5, 0.6) is 0 Å². The van der Waals surface area contributed by atoms with Gasteiger partial charge in [-0.2, -0.15) is 0 Å². The minimum atomic E-state index is -0.538. The highest BCUT2D eigenvalue weighted by Crippen LogP contribution is 2.22. The van der Waals surface area contributed by atoms with Crippen molar-refractivity contribution in [3.05, 3.63) is 37.4 Å². The van der Waals surface area contributed by atoms with Crippen molar-refractivity contribution in [1.82, 2.24) is 5.32 Å². The fourth-order valence-corrected chi connectivity index (χ4v) is 2.91. The van der Waals surface area contributed by atoms with E-state index in [1.54, 1.807) is 6.07 Å². The minimum absolute atomic E-state index is 0.111. The Morgan fingerprint density at radius 1 is 1.40 bits per heavy atom. The Morgan fingerprint density at radius 2 is 2.10 bits per heavy atom. The van der Waals surface area contributed by atoms with Crippen LogP contribution in [0.15, 0.2) is 18.2 Å². The number of carbonyl (C=O) groups is 1. The third-order valence-corrected chi connectivity index (χ3v) is 4.39. The zero-order chi connectivity index (χ0) is 14.7. The van der Waals surface area contributed by atoms with E-state index in [1.165, 1.54) is 12.1 Å². The summed E-state index contributed by atoms with van der Waals surface area (Å²) in [4.78, 5) is 22.4. The van der Waals surface area contributed by atoms with Gasteiger partial charge in [-0.3, -0.25) is 14.9 Å². The average molecular weight is 390 g/mol. The molecule has 0 aliphatic heterocycles. The van der Waals surface area contributed by atoms with Gasteiger partial charge in [0, 0.05) is 15.7 Å². The molecule has 1 amide bonds. The molecule has 2 N–H and O–H groups in total. The molecule has 1 aliphatic carbocycles. The number of amides is 1. The van der Waals surface area contributed by atoms with Gasteiger partial charge in [-0.05, 0) is 41.5 Å². The maximum Gasteiger partial charge on any atom is 0.270 e. The molecule has 1 fully saturated rings. The van der Waals surface area contributed by atoms with Crippen molar-refractivity contribution < 1.29 is 14.8 Å². The zero-order valence-corrected chi connectivity index (χ0v) is 12.9. The first-order chi connectivity index (χ1) is 9.49. The van der Waals surface area contributed by atoms with E-state index in [4.69, 9.17) is 0 Å². The van der Waals surface area contributed by atoms with Crippen LogP contribution in [0.2, 0.25) is 0 Å². The van der Waals surface area contributed by atoms with Gasteiger partial charge in [0.1, 0.15) is 0 Å². The summed E-state index contributed by atoms with van der Waals surface area (Å²) < 4.78 is 0.649. The number of aliphatic hydroxyl groups is 1. The van der Waals surface area contributed by atoms with Gasteiger partial charge in [0.2, 0.25) is 0 Å². The second-order valence-electron chi connectivity index (χ2n) is 4.85. The highest BCUT2D eigenvalue weighted by molar-refractivity contribution is 14.1. The van der Waals surface area contributed by atoms with Crippen molar-refractivity contribution in [3.63, 3.8) is 0 Å². The van der Waals surface area contributed by atoms with Crippen LogP contribution < -0.4 is 5.32 Å². The lowest BCUT2D eigenvalue weighted by atomic mass is 9.92. The molecule has 2 atom stereocenters. The summed E-state index contributed by atoms with van der Waals surface area (Å²) in [5, 5.41) is 23.4. The Morgan fingerprint density at radius 3 is 2.75 bits per heavy atom. The number of nitro groups is 1. The zero-order valence-electron chi connectivity index (χ0n) is 10.7. The first-order valence-electron chi connectivity index (χ1n) is 6.42. The number of benzene rings is 1. The van der Waals surface area contributed by atoms with Gasteiger partial charge in [-0.15, -0.1) is 0 Å². The smallest absolute Gasteiger partial charge is 0.270 e. The van der Waals surface area contributed by atoms with Crippen molar-refractivity contribution >= 4 is 34.2 Å². The Balaban J connectivity index is 2.16. The summed E-state index contributed by atoms with van der Waals surface area (Å²) in [6.07, 6.45) is 2.80. The monoisotopic (exact) mass is 390 g/mol. The molecule has 6 nitrogen and oxygen atoms in total. The number of nitrogens with one attached hydrogen (secondary N) is 1. The van der Waals surface area contributed by atoms with E-state index in [9.17, 15) is 20.0 Å². The number of aliphatic hydroxyl groups excluding tert-OH is 1. The molecule has 0 saturated heterocycles. The van der Waals surface area contributed by atoms with Gasteiger partial charge in [-0.25, -0.2) is 0 Å². The van der Waals surface area contributed by atoms with Crippen LogP contribution in [0.4, 0.5) is 5.69 Å². The molecular formula is C13H15IN2O4. The molecule has 0 aromatic heterocycles. The molecule has 0 spiro atoms. The normalized spacial score (nSPS) is 22.3. The fourth-order valence-electron chi connectivity index (χ4n) is 2.33. The first kappa shape index (κ1) is 15.2. The Kier molecular flexibility index (Phi) is 4.92. The largest absolute Gasteiger partial charge is 0.391 e. The molecular weight excluding hydrogens is 375 g/mol. The van der Waals surface area contributed by atoms with Gasteiger partial charge < -0.3 is 10.4 Å². The van der Waals surface area contributed by atoms with Crippen molar-refractivity contribution in [2.24, 2.45) is 0 Å². The number of nitrogens with zero attached hydrogens (tertiary/aromatic N) is 1. The quantitative estimate of drug-likeness (QED) is 0.471. The van der Waals surface area contributed by atoms with Crippen LogP contribution in [0.3, 0.4) is 0 Å². The molecule has 0 heterocycles. The average Bonchev–Trinajstić information content (AvgIpc) is 2.41. The third kappa shape index (κ3) is 3.45. The summed E-state index contributed by atoms with van der Waals surface area (Å²) in [5.74, 6) is -0.371. The Hall–Kier alpha value is -1.22. The Bertz CT molecular complexity index is 535. The van der Waals surface area contributed by atoms with E-state index in [2.05, 4.69) is 5.32 Å². The molecule has 1 aromatic rings. The van der Waals surface area contributed by atoms with Gasteiger partial charge >= 0.3 is 0 Å². The van der Waals surface area contributed by atoms with Crippen molar-refractivity contribution in [2.45, 2.75) is 37.8 Å². The first-order valence-corrected chi connectivity index (χ1v) is 7.50. The number of rotatable bonds is 3. The van der Waals surface area contributed by atoms with E-state index < -0.39 is 11.0 Å². The SMILES string of the molecule is O=C(N[C@@H]1CCCC[C@H]1O)c1cc([N+](=O)[O-])ccc1I. The summed E-state index contributed by atoms with van der Waals surface area (Å²) in [7, 11) is 0. The molecule has 0 bridgehead atoms. The van der Waals surface area contributed by atoms with Crippen LogP contribution in [-0.4, -0.2) is 28.1 Å². The van der Waals surface area contributed by atoms with E-state index in [1.807, 2.05) is 22.6 Å². The highest BCUT2D eigenvalue weighted by Gasteiger charge is 2.26. The van der Waals surface area contributed by atoms with E-state index in [0.717, 1.165) is 19.3 Å². The summed E-state index contributed by atoms with van der Waals surface area (Å²) in [6, 6.07) is 3.91. The maximum absolute atomic E-state index is 12.2. The summed E-state index contributed by atoms with van der Waals surface area (Å²) >= 11 is 1.97. The lowest BCUT2D eigenvalue weighted by Crippen LogP contribution is -2.45. The standard InChI is InChI=1S/C13H15IN2O4/c14-10-6-5-8(16(19)20)7-9(10)13(18)15-11-3-1-2-4-12(11)17/h5-7,11-12,17H,1-4H2,(H,15,18)/t11-,12-/m1/s1. The molecule has 2 rings (SSSR count). The Labute approximate surface area is 129 Å². The lowest BCUT2D eigenvalue weighted by molar-refractivity contribution is -0.384. The number of nitro benzene ring substituents is 1. The lowest BCUT2D eigenvalue weighted by Gasteiger charge is -2.28. The number of non-ortho nitro benzene ring substituents is 1. The summed E-state index contributed by atoms with van der Waals surface area (Å²) in [6.45, 7) is 0. The molecule has 1 saturated carbocycles. The van der Waals surface area contributed by atoms with Crippen LogP contribution >= 0.6 is 22.6 Å². The maximum atomic E-state index is 12.2. The highest BCUT2D eigenvalue weighted by atomic mass is 127.